The van der Waals surface area contributed by atoms with Gasteiger partial charge in [0.15, 0.2) is 4.99 Å². The van der Waals surface area contributed by atoms with E-state index >= 15 is 0 Å². The Morgan fingerprint density at radius 2 is 1.19 bits per heavy atom. The molecule has 0 aromatic carbocycles. The van der Waals surface area contributed by atoms with Crippen molar-refractivity contribution < 1.29 is 47.3 Å². The molecule has 0 heterocycles. The summed E-state index contributed by atoms with van der Waals surface area (Å²) in [6.45, 7) is 2.14. The molecule has 1 aliphatic carbocycles. The predicted octanol–water partition coefficient (Wildman–Crippen LogP) is 0.366. The normalized spacial score (nSPS) is 17.0. The van der Waals surface area contributed by atoms with Gasteiger partial charge in [0.25, 0.3) is 0 Å². The summed E-state index contributed by atoms with van der Waals surface area (Å²) in [6, 6.07) is -0.155. The van der Waals surface area contributed by atoms with Crippen molar-refractivity contribution in [2.45, 2.75) is 31.6 Å². The van der Waals surface area contributed by atoms with E-state index in [1.165, 1.54) is 0 Å². The first-order chi connectivity index (χ1) is 17.1. The van der Waals surface area contributed by atoms with E-state index < -0.39 is 12.2 Å². The van der Waals surface area contributed by atoms with E-state index in [0.717, 1.165) is 0 Å². The smallest absolute Gasteiger partial charge is 0.152 e. The zero-order valence-corrected chi connectivity index (χ0v) is 23.6. The van der Waals surface area contributed by atoms with Crippen molar-refractivity contribution in [1.82, 2.24) is 5.32 Å². The standard InChI is InChI=1S/C30H19NO3S.Y/c1-4-5-6-7-8-9-10-11-12-13-14-15-16-17-18-19-20-21-22-23-28(35)31-27-24-26(25-33-2)29(32)30(27)34-3;/h26-27,29-30,32H,24-25H2,1-3H3,(H,31,35);/t26-,27+,29+,30?;/m1./s1. The van der Waals surface area contributed by atoms with Crippen molar-refractivity contribution in [3.8, 4) is 118 Å². The molecule has 171 valence electrons. The van der Waals surface area contributed by atoms with E-state index in [1.807, 2.05) is 0 Å². The second-order valence-corrected chi connectivity index (χ2v) is 6.76. The van der Waals surface area contributed by atoms with Crippen LogP contribution in [-0.4, -0.2) is 49.2 Å². The quantitative estimate of drug-likeness (QED) is 0.383. The number of hydrogen-bond acceptors (Lipinski definition) is 4. The first-order valence-corrected chi connectivity index (χ1v) is 10.5. The summed E-state index contributed by atoms with van der Waals surface area (Å²) < 4.78 is 10.5. The molecule has 4 nitrogen and oxygen atoms in total. The molecule has 2 N–H and O–H groups in total. The molecule has 0 spiro atoms. The van der Waals surface area contributed by atoms with E-state index in [2.05, 4.69) is 124 Å². The number of thiocarbonyl (C=S) groups is 1. The average Bonchev–Trinajstić information content (AvgIpc) is 3.14. The van der Waals surface area contributed by atoms with Gasteiger partial charge in [-0.25, -0.2) is 0 Å². The van der Waals surface area contributed by atoms with Crippen molar-refractivity contribution in [3.05, 3.63) is 0 Å². The second kappa shape index (κ2) is 22.0. The number of nitrogens with one attached hydrogen (secondary N) is 1. The third-order valence-electron chi connectivity index (χ3n) is 4.11. The van der Waals surface area contributed by atoms with Gasteiger partial charge in [-0.3, -0.25) is 0 Å². The van der Waals surface area contributed by atoms with Crippen LogP contribution in [0, 0.1) is 124 Å². The van der Waals surface area contributed by atoms with Crippen LogP contribution in [0.25, 0.3) is 0 Å². The Morgan fingerprint density at radius 1 is 0.778 bits per heavy atom. The Labute approximate surface area is 245 Å². The summed E-state index contributed by atoms with van der Waals surface area (Å²) in [7, 11) is 3.15. The second-order valence-electron chi connectivity index (χ2n) is 6.35. The Balaban J connectivity index is 0.0000122. The van der Waals surface area contributed by atoms with Crippen LogP contribution in [0.4, 0.5) is 0 Å². The summed E-state index contributed by atoms with van der Waals surface area (Å²) in [5.74, 6) is 50.9. The molecule has 0 aromatic rings. The molecule has 36 heavy (non-hydrogen) atoms. The zero-order chi connectivity index (χ0) is 25.6. The Hall–Kier alpha value is -3.53. The van der Waals surface area contributed by atoms with Gasteiger partial charge >= 0.3 is 0 Å². The molecule has 1 rings (SSSR count). The van der Waals surface area contributed by atoms with Crippen LogP contribution in [0.2, 0.25) is 0 Å². The number of ether oxygens (including phenoxy) is 2. The van der Waals surface area contributed by atoms with Crippen LogP contribution in [-0.2, 0) is 42.2 Å². The number of rotatable bonds is 4. The summed E-state index contributed by atoms with van der Waals surface area (Å²) in [4.78, 5) is 0.313. The molecule has 0 bridgehead atoms. The van der Waals surface area contributed by atoms with Gasteiger partial charge in [-0.2, -0.15) is 0 Å². The van der Waals surface area contributed by atoms with Crippen molar-refractivity contribution >= 4 is 17.2 Å². The van der Waals surface area contributed by atoms with Gasteiger partial charge in [0.1, 0.15) is 6.10 Å². The van der Waals surface area contributed by atoms with E-state index in [1.54, 1.807) is 21.1 Å². The van der Waals surface area contributed by atoms with Crippen LogP contribution < -0.4 is 5.32 Å². The SMILES string of the molecule is CC#CC#CC#CC#CC#CC#CC#CC#CC#CC#CC(=S)N[C@H]1C[C@H](COC)[C@H](O)C1OC.[Y]. The van der Waals surface area contributed by atoms with E-state index in [-0.39, 0.29) is 44.7 Å². The van der Waals surface area contributed by atoms with Crippen LogP contribution >= 0.6 is 12.2 Å². The van der Waals surface area contributed by atoms with Crippen LogP contribution in [0.5, 0.6) is 0 Å². The third kappa shape index (κ3) is 14.7. The molecule has 0 amide bonds. The molecule has 4 atom stereocenters. The van der Waals surface area contributed by atoms with Crippen molar-refractivity contribution in [2.24, 2.45) is 5.92 Å². The van der Waals surface area contributed by atoms with Gasteiger partial charge < -0.3 is 19.9 Å². The molecule has 1 aliphatic rings. The van der Waals surface area contributed by atoms with Gasteiger partial charge in [-0.1, -0.05) is 18.1 Å². The Bertz CT molecular complexity index is 1430. The fraction of sp³-hybridized carbons (Fsp3) is 0.300. The maximum absolute atomic E-state index is 10.3. The molecule has 1 fully saturated rings. The van der Waals surface area contributed by atoms with Gasteiger partial charge in [0.2, 0.25) is 0 Å². The van der Waals surface area contributed by atoms with Gasteiger partial charge in [0, 0.05) is 64.7 Å². The number of aliphatic hydroxyl groups is 1. The fourth-order valence-electron chi connectivity index (χ4n) is 2.79. The third-order valence-corrected chi connectivity index (χ3v) is 4.33. The summed E-state index contributed by atoms with van der Waals surface area (Å²) in [6.07, 6.45) is -0.364. The topological polar surface area (TPSA) is 50.7 Å². The van der Waals surface area contributed by atoms with Crippen molar-refractivity contribution in [2.75, 3.05) is 20.8 Å². The summed E-state index contributed by atoms with van der Waals surface area (Å²) >= 11 is 5.22. The van der Waals surface area contributed by atoms with Crippen molar-refractivity contribution in [1.29, 1.82) is 0 Å². The minimum Gasteiger partial charge on any atom is -0.390 e. The molecule has 6 heteroatoms. The van der Waals surface area contributed by atoms with Crippen LogP contribution in [0.15, 0.2) is 0 Å². The predicted molar refractivity (Wildman–Crippen MR) is 140 cm³/mol. The van der Waals surface area contributed by atoms with E-state index in [0.29, 0.717) is 18.0 Å². The minimum atomic E-state index is -0.633. The van der Waals surface area contributed by atoms with E-state index in [9.17, 15) is 5.11 Å². The summed E-state index contributed by atoms with van der Waals surface area (Å²) in [5, 5.41) is 13.4. The number of methoxy groups -OCH3 is 2. The molecule has 1 radical (unpaired) electrons. The molecule has 0 saturated heterocycles. The first-order valence-electron chi connectivity index (χ1n) is 10.1. The summed E-state index contributed by atoms with van der Waals surface area (Å²) in [5.41, 5.74) is 0. The molecule has 1 saturated carbocycles. The first kappa shape index (κ1) is 32.5. The van der Waals surface area contributed by atoms with Crippen LogP contribution in [0.1, 0.15) is 13.3 Å². The average molecular weight is 562 g/mol. The van der Waals surface area contributed by atoms with E-state index in [4.69, 9.17) is 21.7 Å². The maximum atomic E-state index is 10.3. The number of hydrogen-bond donors (Lipinski definition) is 2. The monoisotopic (exact) mass is 562 g/mol. The maximum Gasteiger partial charge on any atom is 0.152 e. The Morgan fingerprint density at radius 3 is 1.58 bits per heavy atom. The van der Waals surface area contributed by atoms with Gasteiger partial charge in [-0.05, 0) is 114 Å². The van der Waals surface area contributed by atoms with Crippen LogP contribution in [0.3, 0.4) is 0 Å². The van der Waals surface area contributed by atoms with Crippen molar-refractivity contribution in [3.63, 3.8) is 0 Å². The molecule has 0 aliphatic heterocycles. The minimum absolute atomic E-state index is 0. The van der Waals surface area contributed by atoms with Gasteiger partial charge in [0.05, 0.1) is 18.8 Å². The fourth-order valence-corrected chi connectivity index (χ4v) is 2.99. The molecular weight excluding hydrogens is 543 g/mol. The molecule has 0 aromatic heterocycles. The molecule has 1 unspecified atom stereocenters. The largest absolute Gasteiger partial charge is 0.390 e. The number of aliphatic hydroxyl groups excluding tert-OH is 1. The van der Waals surface area contributed by atoms with Gasteiger partial charge in [-0.15, -0.1) is 0 Å². The molecular formula is C30H19NO3SY. The zero-order valence-electron chi connectivity index (χ0n) is 20.0. The Kier molecular flexibility index (Phi) is 19.8.